The van der Waals surface area contributed by atoms with Crippen molar-refractivity contribution >= 4 is 106 Å². The van der Waals surface area contributed by atoms with Gasteiger partial charge in [0.2, 0.25) is 0 Å². The molecule has 14 rings (SSSR count). The van der Waals surface area contributed by atoms with E-state index in [0.29, 0.717) is 0 Å². The van der Waals surface area contributed by atoms with E-state index in [1.807, 2.05) is 12.1 Å². The Morgan fingerprint density at radius 1 is 0.544 bits per heavy atom. The monoisotopic (exact) mass is 881 g/mol. The molecule has 8 aromatic carbocycles. The molecule has 1 aliphatic heterocycles. The zero-order valence-electron chi connectivity index (χ0n) is 39.5. The van der Waals surface area contributed by atoms with E-state index >= 15 is 0 Å². The summed E-state index contributed by atoms with van der Waals surface area (Å²) in [6, 6.07) is 53.0. The lowest BCUT2D eigenvalue weighted by atomic mass is 9.59. The molecule has 1 radical (unpaired) electrons. The summed E-state index contributed by atoms with van der Waals surface area (Å²) in [5.74, 6) is 0.854. The number of fused-ring (bicyclic) bond motifs is 13. The van der Waals surface area contributed by atoms with Crippen LogP contribution in [0.1, 0.15) is 78.0 Å². The minimum absolute atomic E-state index is 0.0435. The second-order valence-electron chi connectivity index (χ2n) is 21.9. The Morgan fingerprint density at radius 3 is 2.03 bits per heavy atom. The number of hydrogen-bond donors (Lipinski definition) is 1. The van der Waals surface area contributed by atoms with Crippen molar-refractivity contribution < 1.29 is 13.3 Å². The molecule has 1 aliphatic carbocycles. The van der Waals surface area contributed by atoms with Crippen molar-refractivity contribution in [2.75, 3.05) is 5.32 Å². The predicted octanol–water partition coefficient (Wildman–Crippen LogP) is 16.0. The predicted molar refractivity (Wildman–Crippen MR) is 285 cm³/mol. The van der Waals surface area contributed by atoms with Crippen LogP contribution in [0, 0.1) is 0 Å². The van der Waals surface area contributed by atoms with E-state index in [1.165, 1.54) is 33.0 Å². The standard InChI is InChI=1S/C62H50BN2O3/c1-60(2,3)36-17-19-37(20-18-36)64-49-32-56-44(45-29-46-47(30-55(45)68-56)62(6,7)24-23-61(46,4)5)27-41(49)39-21-22-40-42-28-43-38-15-11-12-16-52(38)66-57(43)33-50(42)65-51-25-35-26-53(34-13-9-8-10-14-34)67-54(35)31-48(51)63-58(39)59(40)65/h8-22,25-33,64H,23-24H2,1-7H3. The largest absolute Gasteiger partial charge is 0.456 e. The second kappa shape index (κ2) is 13.6. The van der Waals surface area contributed by atoms with Gasteiger partial charge in [-0.1, -0.05) is 127 Å². The van der Waals surface area contributed by atoms with Crippen LogP contribution in [-0.2, 0) is 16.2 Å². The molecule has 0 fully saturated rings. The molecule has 4 aromatic heterocycles. The Labute approximate surface area is 395 Å². The molecule has 0 saturated carbocycles. The average Bonchev–Trinajstić information content (AvgIpc) is 4.09. The molecule has 12 aromatic rings. The van der Waals surface area contributed by atoms with Crippen molar-refractivity contribution in [3.8, 4) is 28.1 Å². The minimum Gasteiger partial charge on any atom is -0.456 e. The van der Waals surface area contributed by atoms with E-state index in [4.69, 9.17) is 13.3 Å². The van der Waals surface area contributed by atoms with Gasteiger partial charge >= 0.3 is 0 Å². The smallest absolute Gasteiger partial charge is 0.198 e. The van der Waals surface area contributed by atoms with E-state index < -0.39 is 0 Å². The van der Waals surface area contributed by atoms with E-state index in [9.17, 15) is 0 Å². The van der Waals surface area contributed by atoms with Gasteiger partial charge in [0, 0.05) is 77.9 Å². The van der Waals surface area contributed by atoms with Gasteiger partial charge in [0.05, 0.1) is 11.2 Å². The number of hydrogen-bond acceptors (Lipinski definition) is 4. The average molecular weight is 882 g/mol. The van der Waals surface area contributed by atoms with E-state index in [1.54, 1.807) is 0 Å². The molecule has 5 heterocycles. The highest BCUT2D eigenvalue weighted by Gasteiger charge is 2.38. The molecule has 0 saturated heterocycles. The Bertz CT molecular complexity index is 4110. The zero-order valence-corrected chi connectivity index (χ0v) is 39.5. The lowest BCUT2D eigenvalue weighted by molar-refractivity contribution is 0.332. The first-order valence-corrected chi connectivity index (χ1v) is 24.1. The summed E-state index contributed by atoms with van der Waals surface area (Å²) >= 11 is 0. The SMILES string of the molecule is CC(C)(C)c1ccc(Nc2cc3oc4cc5c(cc4c3cc2-c2ccc3c4cc6c(cc4n4c3c2[B]c2cc3oc(-c7ccccc7)cc3cc2-4)oc2ccccc26)C(C)(C)CCC5(C)C)cc1. The highest BCUT2D eigenvalue weighted by Crippen LogP contribution is 2.50. The van der Waals surface area contributed by atoms with Crippen molar-refractivity contribution in [1.82, 2.24) is 4.57 Å². The molecular weight excluding hydrogens is 832 g/mol. The maximum absolute atomic E-state index is 6.92. The number of nitrogens with one attached hydrogen (secondary N) is 1. The third kappa shape index (κ3) is 5.76. The molecule has 5 nitrogen and oxygen atoms in total. The van der Waals surface area contributed by atoms with Gasteiger partial charge in [0.1, 0.15) is 33.7 Å². The summed E-state index contributed by atoms with van der Waals surface area (Å²) in [6.45, 7) is 16.4. The van der Waals surface area contributed by atoms with Gasteiger partial charge in [-0.05, 0) is 117 Å². The molecule has 0 spiro atoms. The lowest BCUT2D eigenvalue weighted by Gasteiger charge is -2.41. The van der Waals surface area contributed by atoms with Gasteiger partial charge in [0.15, 0.2) is 7.28 Å². The number of para-hydroxylation sites is 1. The molecule has 68 heavy (non-hydrogen) atoms. The van der Waals surface area contributed by atoms with Crippen LogP contribution in [0.4, 0.5) is 11.4 Å². The topological polar surface area (TPSA) is 56.4 Å². The molecule has 6 heteroatoms. The number of anilines is 2. The van der Waals surface area contributed by atoms with Crippen molar-refractivity contribution in [2.45, 2.75) is 77.6 Å². The quantitative estimate of drug-likeness (QED) is 0.179. The van der Waals surface area contributed by atoms with Crippen LogP contribution in [-0.4, -0.2) is 11.8 Å². The van der Waals surface area contributed by atoms with Crippen LogP contribution in [0.25, 0.3) is 105 Å². The summed E-state index contributed by atoms with van der Waals surface area (Å²) in [7, 11) is 2.38. The second-order valence-corrected chi connectivity index (χ2v) is 21.9. The van der Waals surface area contributed by atoms with Crippen LogP contribution < -0.4 is 16.2 Å². The Morgan fingerprint density at radius 2 is 1.24 bits per heavy atom. The van der Waals surface area contributed by atoms with E-state index in [0.717, 1.165) is 124 Å². The van der Waals surface area contributed by atoms with Gasteiger partial charge in [-0.25, -0.2) is 0 Å². The zero-order chi connectivity index (χ0) is 46.0. The fourth-order valence-corrected chi connectivity index (χ4v) is 11.7. The molecule has 2 aliphatic rings. The van der Waals surface area contributed by atoms with Crippen LogP contribution >= 0.6 is 0 Å². The molecule has 0 atom stereocenters. The van der Waals surface area contributed by atoms with Gasteiger partial charge in [-0.3, -0.25) is 0 Å². The van der Waals surface area contributed by atoms with Crippen molar-refractivity contribution in [2.24, 2.45) is 0 Å². The Kier molecular flexibility index (Phi) is 7.94. The Balaban J connectivity index is 1.05. The van der Waals surface area contributed by atoms with Crippen molar-refractivity contribution in [1.29, 1.82) is 0 Å². The molecule has 329 valence electrons. The van der Waals surface area contributed by atoms with Crippen LogP contribution in [0.15, 0.2) is 159 Å². The van der Waals surface area contributed by atoms with Gasteiger partial charge in [0.25, 0.3) is 0 Å². The molecule has 0 unspecified atom stereocenters. The summed E-state index contributed by atoms with van der Waals surface area (Å²) in [5, 5.41) is 11.9. The highest BCUT2D eigenvalue weighted by molar-refractivity contribution is 6.73. The summed E-state index contributed by atoms with van der Waals surface area (Å²) < 4.78 is 22.6. The maximum atomic E-state index is 6.92. The summed E-state index contributed by atoms with van der Waals surface area (Å²) in [5.41, 5.74) is 19.7. The van der Waals surface area contributed by atoms with Gasteiger partial charge in [-0.15, -0.1) is 0 Å². The van der Waals surface area contributed by atoms with Gasteiger partial charge < -0.3 is 23.1 Å². The molecule has 0 bridgehead atoms. The van der Waals surface area contributed by atoms with Crippen LogP contribution in [0.2, 0.25) is 0 Å². The fourth-order valence-electron chi connectivity index (χ4n) is 11.7. The highest BCUT2D eigenvalue weighted by atomic mass is 16.3. The molecule has 0 amide bonds. The van der Waals surface area contributed by atoms with Crippen molar-refractivity contribution in [3.05, 3.63) is 162 Å². The summed E-state index contributed by atoms with van der Waals surface area (Å²) in [4.78, 5) is 0. The van der Waals surface area contributed by atoms with E-state index in [-0.39, 0.29) is 16.2 Å². The summed E-state index contributed by atoms with van der Waals surface area (Å²) in [6.07, 6.45) is 2.30. The van der Waals surface area contributed by atoms with Crippen LogP contribution in [0.3, 0.4) is 0 Å². The minimum atomic E-state index is 0.0435. The Hall–Kier alpha value is -7.44. The van der Waals surface area contributed by atoms with E-state index in [2.05, 4.69) is 199 Å². The maximum Gasteiger partial charge on any atom is 0.198 e. The van der Waals surface area contributed by atoms with Crippen molar-refractivity contribution in [3.63, 3.8) is 0 Å². The first kappa shape index (κ1) is 39.7. The lowest BCUT2D eigenvalue weighted by Crippen LogP contribution is -2.37. The molecule has 1 N–H and O–H groups in total. The third-order valence-corrected chi connectivity index (χ3v) is 15.6. The number of aromatic nitrogens is 1. The number of furan rings is 3. The van der Waals surface area contributed by atoms with Gasteiger partial charge in [-0.2, -0.15) is 0 Å². The third-order valence-electron chi connectivity index (χ3n) is 15.6. The normalized spacial score (nSPS) is 15.2. The first-order valence-electron chi connectivity index (χ1n) is 24.1. The number of nitrogens with zero attached hydrogens (tertiary/aromatic N) is 1. The number of rotatable bonds is 4. The van der Waals surface area contributed by atoms with Crippen LogP contribution in [0.5, 0.6) is 0 Å². The number of benzene rings is 8. The fraction of sp³-hybridized carbons (Fsp3) is 0.194. The molecular formula is C62H50BN2O3. The first-order chi connectivity index (χ1) is 32.8.